The first-order valence-corrected chi connectivity index (χ1v) is 11.6. The van der Waals surface area contributed by atoms with Crippen molar-refractivity contribution >= 4 is 40.0 Å². The molecule has 1 aromatic heterocycles. The van der Waals surface area contributed by atoms with Gasteiger partial charge in [0.05, 0.1) is 11.4 Å². The molecule has 4 rings (SSSR count). The molecule has 0 radical (unpaired) electrons. The third kappa shape index (κ3) is 5.02. The second-order valence-electron chi connectivity index (χ2n) is 8.03. The summed E-state index contributed by atoms with van der Waals surface area (Å²) in [4.78, 5) is 35.1. The van der Waals surface area contributed by atoms with Gasteiger partial charge in [-0.05, 0) is 57.0 Å². The summed E-state index contributed by atoms with van der Waals surface area (Å²) < 4.78 is 14.2. The molecule has 2 aromatic rings. The van der Waals surface area contributed by atoms with E-state index < -0.39 is 5.82 Å². The minimum Gasteiger partial charge on any atom is -0.335 e. The monoisotopic (exact) mass is 442 g/mol. The number of anilines is 2. The van der Waals surface area contributed by atoms with Crippen molar-refractivity contribution in [2.75, 3.05) is 31.1 Å². The zero-order valence-corrected chi connectivity index (χ0v) is 18.5. The number of aromatic nitrogens is 1. The summed E-state index contributed by atoms with van der Waals surface area (Å²) in [5.41, 5.74) is 0.740. The minimum atomic E-state index is -0.488. The number of likely N-dealkylation sites (tertiary alicyclic amines) is 2. The van der Waals surface area contributed by atoms with Crippen LogP contribution in [0.5, 0.6) is 0 Å². The zero-order valence-electron chi connectivity index (χ0n) is 17.7. The number of halogens is 1. The number of amides is 2. The van der Waals surface area contributed by atoms with Gasteiger partial charge < -0.3 is 9.80 Å². The van der Waals surface area contributed by atoms with Crippen molar-refractivity contribution in [3.8, 4) is 0 Å². The highest BCUT2D eigenvalue weighted by Gasteiger charge is 2.29. The van der Waals surface area contributed by atoms with Gasteiger partial charge >= 0.3 is 0 Å². The fourth-order valence-electron chi connectivity index (χ4n) is 4.33. The van der Waals surface area contributed by atoms with E-state index in [0.29, 0.717) is 10.8 Å². The lowest BCUT2D eigenvalue weighted by Crippen LogP contribution is -2.41. The van der Waals surface area contributed by atoms with E-state index >= 15 is 0 Å². The number of benzene rings is 1. The molecular formula is C23H27FN4O2S. The summed E-state index contributed by atoms with van der Waals surface area (Å²) in [6, 6.07) is 6.39. The van der Waals surface area contributed by atoms with Crippen LogP contribution in [-0.4, -0.2) is 58.8 Å². The van der Waals surface area contributed by atoms with Crippen LogP contribution in [0.3, 0.4) is 0 Å². The molecule has 0 aliphatic carbocycles. The second kappa shape index (κ2) is 9.70. The van der Waals surface area contributed by atoms with Crippen molar-refractivity contribution in [1.29, 1.82) is 0 Å². The normalized spacial score (nSPS) is 19.4. The summed E-state index contributed by atoms with van der Waals surface area (Å²) in [6.45, 7) is 5.38. The zero-order chi connectivity index (χ0) is 21.8. The number of hydrogen-bond acceptors (Lipinski definition) is 5. The maximum absolute atomic E-state index is 14.2. The first kappa shape index (κ1) is 21.6. The molecular weight excluding hydrogens is 415 g/mol. The van der Waals surface area contributed by atoms with Crippen LogP contribution in [0, 0.1) is 5.82 Å². The Balaban J connectivity index is 1.44. The smallest absolute Gasteiger partial charge is 0.246 e. The minimum absolute atomic E-state index is 0.00576. The molecule has 1 aromatic carbocycles. The Morgan fingerprint density at radius 2 is 2.00 bits per heavy atom. The predicted molar refractivity (Wildman–Crippen MR) is 121 cm³/mol. The van der Waals surface area contributed by atoms with E-state index in [1.807, 2.05) is 4.90 Å². The molecule has 2 fully saturated rings. The summed E-state index contributed by atoms with van der Waals surface area (Å²) >= 11 is 1.24. The Hall–Kier alpha value is -2.58. The van der Waals surface area contributed by atoms with Crippen LogP contribution in [0.2, 0.25) is 0 Å². The van der Waals surface area contributed by atoms with Gasteiger partial charge in [0.2, 0.25) is 11.8 Å². The summed E-state index contributed by atoms with van der Waals surface area (Å²) in [5.74, 6) is -0.820. The summed E-state index contributed by atoms with van der Waals surface area (Å²) in [5, 5.41) is 2.14. The molecule has 0 bridgehead atoms. The average molecular weight is 443 g/mol. The molecule has 2 amide bonds. The van der Waals surface area contributed by atoms with Crippen LogP contribution in [-0.2, 0) is 9.59 Å². The molecule has 2 aliphatic heterocycles. The Bertz CT molecular complexity index is 970. The van der Waals surface area contributed by atoms with Crippen molar-refractivity contribution < 1.29 is 14.0 Å². The Kier molecular flexibility index (Phi) is 6.77. The first-order valence-electron chi connectivity index (χ1n) is 10.7. The second-order valence-corrected chi connectivity index (χ2v) is 8.87. The van der Waals surface area contributed by atoms with Crippen molar-refractivity contribution in [2.45, 2.75) is 38.6 Å². The lowest BCUT2D eigenvalue weighted by molar-refractivity contribution is -0.127. The van der Waals surface area contributed by atoms with E-state index in [2.05, 4.69) is 9.88 Å². The summed E-state index contributed by atoms with van der Waals surface area (Å²) in [7, 11) is 0. The largest absolute Gasteiger partial charge is 0.335 e. The van der Waals surface area contributed by atoms with Gasteiger partial charge in [0.25, 0.3) is 0 Å². The molecule has 0 saturated carbocycles. The van der Waals surface area contributed by atoms with E-state index in [-0.39, 0.29) is 23.5 Å². The predicted octanol–water partition coefficient (Wildman–Crippen LogP) is 4.07. The standard InChI is InChI=1S/C23H27FN4O2S/c1-17(29)28(21-9-3-2-8-20(21)24)23-25-18(16-31-23)10-11-22(30)27-14-6-7-19(27)15-26-12-4-5-13-26/h2-3,8-11,16,19H,4-7,12-15H2,1H3/b11-10+. The van der Waals surface area contributed by atoms with Gasteiger partial charge in [-0.15, -0.1) is 11.3 Å². The van der Waals surface area contributed by atoms with Gasteiger partial charge in [-0.2, -0.15) is 0 Å². The third-order valence-electron chi connectivity index (χ3n) is 5.83. The van der Waals surface area contributed by atoms with E-state index in [1.165, 1.54) is 42.1 Å². The highest BCUT2D eigenvalue weighted by atomic mass is 32.1. The fraction of sp³-hybridized carbons (Fsp3) is 0.435. The highest BCUT2D eigenvalue weighted by molar-refractivity contribution is 7.14. The molecule has 1 unspecified atom stereocenters. The van der Waals surface area contributed by atoms with Crippen molar-refractivity contribution in [2.24, 2.45) is 0 Å². The number of thiazole rings is 1. The molecule has 8 heteroatoms. The highest BCUT2D eigenvalue weighted by Crippen LogP contribution is 2.31. The number of carbonyl (C=O) groups excluding carboxylic acids is 2. The van der Waals surface area contributed by atoms with Crippen LogP contribution in [0.25, 0.3) is 6.08 Å². The van der Waals surface area contributed by atoms with Gasteiger partial charge in [0, 0.05) is 37.5 Å². The molecule has 2 saturated heterocycles. The topological polar surface area (TPSA) is 56.8 Å². The van der Waals surface area contributed by atoms with Crippen LogP contribution < -0.4 is 4.90 Å². The lowest BCUT2D eigenvalue weighted by Gasteiger charge is -2.27. The molecule has 31 heavy (non-hydrogen) atoms. The fourth-order valence-corrected chi connectivity index (χ4v) is 5.18. The number of carbonyl (C=O) groups is 2. The van der Waals surface area contributed by atoms with E-state index in [4.69, 9.17) is 0 Å². The van der Waals surface area contributed by atoms with E-state index in [1.54, 1.807) is 35.7 Å². The van der Waals surface area contributed by atoms with Crippen molar-refractivity contribution in [1.82, 2.24) is 14.8 Å². The lowest BCUT2D eigenvalue weighted by atomic mass is 10.2. The van der Waals surface area contributed by atoms with Gasteiger partial charge in [0.15, 0.2) is 5.13 Å². The Morgan fingerprint density at radius 1 is 1.23 bits per heavy atom. The van der Waals surface area contributed by atoms with Crippen molar-refractivity contribution in [3.63, 3.8) is 0 Å². The average Bonchev–Trinajstić information content (AvgIpc) is 3.50. The molecule has 0 N–H and O–H groups in total. The molecule has 6 nitrogen and oxygen atoms in total. The van der Waals surface area contributed by atoms with Crippen LogP contribution in [0.15, 0.2) is 35.7 Å². The van der Waals surface area contributed by atoms with Crippen molar-refractivity contribution in [3.05, 3.63) is 47.2 Å². The molecule has 1 atom stereocenters. The first-order chi connectivity index (χ1) is 15.0. The van der Waals surface area contributed by atoms with Gasteiger partial charge in [-0.3, -0.25) is 14.5 Å². The number of rotatable bonds is 6. The van der Waals surface area contributed by atoms with Gasteiger partial charge in [-0.1, -0.05) is 12.1 Å². The maximum Gasteiger partial charge on any atom is 0.246 e. The Labute approximate surface area is 186 Å². The maximum atomic E-state index is 14.2. The molecule has 3 heterocycles. The third-order valence-corrected chi connectivity index (χ3v) is 6.68. The van der Waals surface area contributed by atoms with Crippen LogP contribution in [0.4, 0.5) is 15.2 Å². The van der Waals surface area contributed by atoms with Crippen LogP contribution >= 0.6 is 11.3 Å². The van der Waals surface area contributed by atoms with E-state index in [9.17, 15) is 14.0 Å². The van der Waals surface area contributed by atoms with Gasteiger partial charge in [-0.25, -0.2) is 9.37 Å². The molecule has 0 spiro atoms. The SMILES string of the molecule is CC(=O)N(c1nc(/C=C/C(=O)N2CCCC2CN2CCCC2)cs1)c1ccccc1F. The van der Waals surface area contributed by atoms with Crippen LogP contribution in [0.1, 0.15) is 38.3 Å². The number of hydrogen-bond donors (Lipinski definition) is 0. The number of nitrogens with zero attached hydrogens (tertiary/aromatic N) is 4. The molecule has 2 aliphatic rings. The summed E-state index contributed by atoms with van der Waals surface area (Å²) in [6.07, 6.45) is 7.81. The van der Waals surface area contributed by atoms with Gasteiger partial charge in [0.1, 0.15) is 5.82 Å². The Morgan fingerprint density at radius 3 is 2.74 bits per heavy atom. The quantitative estimate of drug-likeness (QED) is 0.633. The van der Waals surface area contributed by atoms with E-state index in [0.717, 1.165) is 39.0 Å². The number of para-hydroxylation sites is 1. The molecule has 164 valence electrons.